The van der Waals surface area contributed by atoms with Crippen LogP contribution >= 0.6 is 0 Å². The summed E-state index contributed by atoms with van der Waals surface area (Å²) in [6, 6.07) is 0.360. The normalized spacial score (nSPS) is 15.1. The zero-order valence-corrected chi connectivity index (χ0v) is 14.4. The van der Waals surface area contributed by atoms with Gasteiger partial charge in [0.05, 0.1) is 5.92 Å². The van der Waals surface area contributed by atoms with Crippen molar-refractivity contribution in [3.8, 4) is 0 Å². The summed E-state index contributed by atoms with van der Waals surface area (Å²) in [5.41, 5.74) is -0.431. The van der Waals surface area contributed by atoms with Crippen molar-refractivity contribution < 1.29 is 9.26 Å². The van der Waals surface area contributed by atoms with E-state index in [1.807, 2.05) is 0 Å². The first-order valence-electron chi connectivity index (χ1n) is 8.21. The lowest BCUT2D eigenvalue weighted by Gasteiger charge is -2.26. The van der Waals surface area contributed by atoms with Crippen LogP contribution in [-0.2, 0) is 10.3 Å². The Kier molecular flexibility index (Phi) is 7.32. The summed E-state index contributed by atoms with van der Waals surface area (Å²) in [4.78, 5) is 4.63. The molecule has 0 amide bonds. The molecule has 1 N–H and O–H groups in total. The van der Waals surface area contributed by atoms with Crippen LogP contribution in [-0.4, -0.2) is 29.8 Å². The van der Waals surface area contributed by atoms with Gasteiger partial charge in [0.15, 0.2) is 0 Å². The van der Waals surface area contributed by atoms with Crippen LogP contribution < -0.4 is 5.32 Å². The Balaban J connectivity index is 2.90. The highest BCUT2D eigenvalue weighted by Gasteiger charge is 2.35. The molecule has 0 saturated heterocycles. The van der Waals surface area contributed by atoms with Crippen molar-refractivity contribution in [2.24, 2.45) is 0 Å². The van der Waals surface area contributed by atoms with Gasteiger partial charge in [0, 0.05) is 13.2 Å². The minimum absolute atomic E-state index is 0.200. The summed E-state index contributed by atoms with van der Waals surface area (Å²) in [5.74, 6) is 1.57. The number of aromatic nitrogens is 2. The Bertz CT molecular complexity index is 394. The Morgan fingerprint density at radius 1 is 1.24 bits per heavy atom. The molecule has 0 aliphatic heterocycles. The van der Waals surface area contributed by atoms with Gasteiger partial charge in [-0.2, -0.15) is 4.98 Å². The molecule has 1 rings (SSSR count). The second-order valence-corrected chi connectivity index (χ2v) is 5.62. The SMILES string of the molecule is CCCNC(CC)C(C)c1nc(C(CC)(CC)OC)no1. The number of rotatable bonds is 10. The van der Waals surface area contributed by atoms with Crippen LogP contribution in [0.3, 0.4) is 0 Å². The van der Waals surface area contributed by atoms with E-state index in [1.165, 1.54) is 0 Å². The van der Waals surface area contributed by atoms with E-state index in [0.29, 0.717) is 17.8 Å². The lowest BCUT2D eigenvalue weighted by Crippen LogP contribution is -2.34. The van der Waals surface area contributed by atoms with Crippen molar-refractivity contribution in [1.82, 2.24) is 15.5 Å². The molecule has 0 fully saturated rings. The zero-order valence-electron chi connectivity index (χ0n) is 14.4. The molecule has 0 radical (unpaired) electrons. The minimum atomic E-state index is -0.431. The van der Waals surface area contributed by atoms with Gasteiger partial charge in [0.25, 0.3) is 0 Å². The van der Waals surface area contributed by atoms with E-state index in [-0.39, 0.29) is 5.92 Å². The van der Waals surface area contributed by atoms with Gasteiger partial charge in [0.1, 0.15) is 5.60 Å². The fraction of sp³-hybridized carbons (Fsp3) is 0.875. The van der Waals surface area contributed by atoms with Crippen molar-refractivity contribution >= 4 is 0 Å². The Morgan fingerprint density at radius 2 is 1.90 bits per heavy atom. The molecule has 122 valence electrons. The van der Waals surface area contributed by atoms with Crippen molar-refractivity contribution in [1.29, 1.82) is 0 Å². The molecule has 0 aromatic carbocycles. The summed E-state index contributed by atoms with van der Waals surface area (Å²) in [6.07, 6.45) is 3.82. The van der Waals surface area contributed by atoms with E-state index in [9.17, 15) is 0 Å². The van der Waals surface area contributed by atoms with E-state index < -0.39 is 5.60 Å². The summed E-state index contributed by atoms with van der Waals surface area (Å²) in [7, 11) is 1.71. The monoisotopic (exact) mass is 297 g/mol. The first-order valence-corrected chi connectivity index (χ1v) is 8.21. The third-order valence-electron chi connectivity index (χ3n) is 4.47. The van der Waals surface area contributed by atoms with Crippen LogP contribution in [0.25, 0.3) is 0 Å². The molecule has 1 aromatic heterocycles. The predicted octanol–water partition coefficient (Wildman–Crippen LogP) is 3.61. The molecule has 0 aliphatic rings. The maximum absolute atomic E-state index is 5.67. The molecule has 1 heterocycles. The maximum atomic E-state index is 5.67. The second kappa shape index (κ2) is 8.49. The van der Waals surface area contributed by atoms with Gasteiger partial charge in [-0.15, -0.1) is 0 Å². The average Bonchev–Trinajstić information content (AvgIpc) is 3.00. The Morgan fingerprint density at radius 3 is 2.38 bits per heavy atom. The van der Waals surface area contributed by atoms with Gasteiger partial charge < -0.3 is 14.6 Å². The number of methoxy groups -OCH3 is 1. The van der Waals surface area contributed by atoms with E-state index in [0.717, 1.165) is 32.2 Å². The first kappa shape index (κ1) is 18.1. The Labute approximate surface area is 128 Å². The van der Waals surface area contributed by atoms with E-state index in [4.69, 9.17) is 9.26 Å². The number of nitrogens with zero attached hydrogens (tertiary/aromatic N) is 2. The van der Waals surface area contributed by atoms with E-state index in [2.05, 4.69) is 50.1 Å². The van der Waals surface area contributed by atoms with Gasteiger partial charge in [-0.25, -0.2) is 0 Å². The van der Waals surface area contributed by atoms with Crippen molar-refractivity contribution in [3.63, 3.8) is 0 Å². The smallest absolute Gasteiger partial charge is 0.231 e. The topological polar surface area (TPSA) is 60.2 Å². The highest BCUT2D eigenvalue weighted by molar-refractivity contribution is 5.04. The molecule has 0 bridgehead atoms. The second-order valence-electron chi connectivity index (χ2n) is 5.62. The summed E-state index contributed by atoms with van der Waals surface area (Å²) < 4.78 is 11.2. The van der Waals surface area contributed by atoms with Crippen LogP contribution in [0.15, 0.2) is 4.52 Å². The van der Waals surface area contributed by atoms with Crippen LogP contribution in [0, 0.1) is 0 Å². The van der Waals surface area contributed by atoms with Gasteiger partial charge >= 0.3 is 0 Å². The largest absolute Gasteiger partial charge is 0.370 e. The fourth-order valence-corrected chi connectivity index (χ4v) is 2.73. The Hall–Kier alpha value is -0.940. The zero-order chi connectivity index (χ0) is 15.9. The molecule has 21 heavy (non-hydrogen) atoms. The van der Waals surface area contributed by atoms with Crippen molar-refractivity contribution in [2.75, 3.05) is 13.7 Å². The number of ether oxygens (including phenoxy) is 1. The average molecular weight is 297 g/mol. The highest BCUT2D eigenvalue weighted by Crippen LogP contribution is 2.31. The number of hydrogen-bond acceptors (Lipinski definition) is 5. The maximum Gasteiger partial charge on any atom is 0.231 e. The molecule has 1 aromatic rings. The standard InChI is InChI=1S/C16H31N3O2/c1-7-11-17-13(8-2)12(5)14-18-15(19-21-14)16(9-3,10-4)20-6/h12-13,17H,7-11H2,1-6H3. The van der Waals surface area contributed by atoms with Crippen LogP contribution in [0.2, 0.25) is 0 Å². The molecule has 2 atom stereocenters. The molecule has 5 heteroatoms. The van der Waals surface area contributed by atoms with E-state index in [1.54, 1.807) is 7.11 Å². The molecule has 2 unspecified atom stereocenters. The minimum Gasteiger partial charge on any atom is -0.370 e. The molecular weight excluding hydrogens is 266 g/mol. The van der Waals surface area contributed by atoms with Crippen LogP contribution in [0.1, 0.15) is 77.9 Å². The lowest BCUT2D eigenvalue weighted by molar-refractivity contribution is -0.0306. The van der Waals surface area contributed by atoms with Gasteiger partial charge in [0.2, 0.25) is 11.7 Å². The van der Waals surface area contributed by atoms with Crippen molar-refractivity contribution in [3.05, 3.63) is 11.7 Å². The van der Waals surface area contributed by atoms with Gasteiger partial charge in [-0.05, 0) is 32.2 Å². The molecular formula is C16H31N3O2. The number of hydrogen-bond donors (Lipinski definition) is 1. The quantitative estimate of drug-likeness (QED) is 0.715. The molecule has 0 spiro atoms. The lowest BCUT2D eigenvalue weighted by atomic mass is 9.96. The van der Waals surface area contributed by atoms with E-state index >= 15 is 0 Å². The fourth-order valence-electron chi connectivity index (χ4n) is 2.73. The van der Waals surface area contributed by atoms with Crippen LogP contribution in [0.4, 0.5) is 0 Å². The predicted molar refractivity (Wildman–Crippen MR) is 84.4 cm³/mol. The number of nitrogens with one attached hydrogen (secondary N) is 1. The summed E-state index contributed by atoms with van der Waals surface area (Å²) in [6.45, 7) is 11.7. The third-order valence-corrected chi connectivity index (χ3v) is 4.47. The van der Waals surface area contributed by atoms with Crippen molar-refractivity contribution in [2.45, 2.75) is 77.9 Å². The molecule has 0 aliphatic carbocycles. The third kappa shape index (κ3) is 4.04. The molecule has 0 saturated carbocycles. The van der Waals surface area contributed by atoms with Crippen LogP contribution in [0.5, 0.6) is 0 Å². The summed E-state index contributed by atoms with van der Waals surface area (Å²) in [5, 5.41) is 7.73. The van der Waals surface area contributed by atoms with Gasteiger partial charge in [-0.3, -0.25) is 0 Å². The summed E-state index contributed by atoms with van der Waals surface area (Å²) >= 11 is 0. The molecule has 5 nitrogen and oxygen atoms in total. The first-order chi connectivity index (χ1) is 10.1. The highest BCUT2D eigenvalue weighted by atomic mass is 16.5. The van der Waals surface area contributed by atoms with Gasteiger partial charge in [-0.1, -0.05) is 39.8 Å².